The summed E-state index contributed by atoms with van der Waals surface area (Å²) in [6.45, 7) is 0.321. The van der Waals surface area contributed by atoms with Crippen LogP contribution >= 0.6 is 0 Å². The van der Waals surface area contributed by atoms with E-state index in [1.54, 1.807) is 12.1 Å². The van der Waals surface area contributed by atoms with Crippen LogP contribution in [0.25, 0.3) is 0 Å². The summed E-state index contributed by atoms with van der Waals surface area (Å²) in [4.78, 5) is 11.1. The third-order valence-electron chi connectivity index (χ3n) is 2.08. The topological polar surface area (TPSA) is 50.1 Å². The monoisotopic (exact) mass is 197 g/mol. The molecule has 0 aliphatic carbocycles. The number of hydrogen-bond donors (Lipinski definition) is 0. The van der Waals surface area contributed by atoms with Crippen molar-refractivity contribution < 1.29 is 9.53 Å². The number of carbonyl (C=O) groups is 1. The molecule has 1 aliphatic rings. The van der Waals surface area contributed by atoms with Crippen LogP contribution in [0.3, 0.4) is 0 Å². The summed E-state index contributed by atoms with van der Waals surface area (Å²) in [6, 6.07) is 7.24. The predicted octanol–water partition coefficient (Wildman–Crippen LogP) is 1.62. The van der Waals surface area contributed by atoms with Crippen LogP contribution in [0.4, 0.5) is 0 Å². The zero-order chi connectivity index (χ0) is 10.7. The molecule has 1 aliphatic heterocycles. The Balaban J connectivity index is 2.29. The van der Waals surface area contributed by atoms with Gasteiger partial charge in [0.2, 0.25) is 0 Å². The minimum absolute atomic E-state index is 0.215. The molecule has 2 rings (SSSR count). The molecular weight excluding hydrogens is 190 g/mol. The summed E-state index contributed by atoms with van der Waals surface area (Å²) in [5.41, 5.74) is 2.28. The Morgan fingerprint density at radius 1 is 1.47 bits per heavy atom. The lowest BCUT2D eigenvalue weighted by Crippen LogP contribution is -1.92. The highest BCUT2D eigenvalue weighted by Gasteiger charge is 2.20. The molecular formula is C12H7NO2. The van der Waals surface area contributed by atoms with Crippen LogP contribution in [-0.2, 0) is 11.3 Å². The van der Waals surface area contributed by atoms with E-state index in [0.717, 1.165) is 11.1 Å². The van der Waals surface area contributed by atoms with Gasteiger partial charge in [-0.1, -0.05) is 11.8 Å². The molecule has 0 N–H and O–H groups in total. The fraction of sp³-hybridized carbons (Fsp3) is 0.167. The van der Waals surface area contributed by atoms with Crippen molar-refractivity contribution in [2.75, 3.05) is 0 Å². The van der Waals surface area contributed by atoms with E-state index < -0.39 is 0 Å². The van der Waals surface area contributed by atoms with Gasteiger partial charge < -0.3 is 4.74 Å². The molecule has 0 unspecified atom stereocenters. The van der Waals surface area contributed by atoms with Gasteiger partial charge in [0, 0.05) is 11.1 Å². The molecule has 0 saturated carbocycles. The highest BCUT2D eigenvalue weighted by Crippen LogP contribution is 2.20. The van der Waals surface area contributed by atoms with E-state index in [9.17, 15) is 4.79 Å². The summed E-state index contributed by atoms with van der Waals surface area (Å²) in [5.74, 6) is 5.29. The van der Waals surface area contributed by atoms with E-state index in [1.807, 2.05) is 12.1 Å². The summed E-state index contributed by atoms with van der Waals surface area (Å²) < 4.78 is 4.86. The molecule has 1 aromatic rings. The number of nitrogens with zero attached hydrogens (tertiary/aromatic N) is 1. The maximum atomic E-state index is 11.1. The molecule has 15 heavy (non-hydrogen) atoms. The second kappa shape index (κ2) is 3.86. The van der Waals surface area contributed by atoms with Crippen molar-refractivity contribution in [1.82, 2.24) is 0 Å². The number of esters is 1. The predicted molar refractivity (Wildman–Crippen MR) is 52.7 cm³/mol. The zero-order valence-electron chi connectivity index (χ0n) is 7.91. The normalized spacial score (nSPS) is 12.1. The molecule has 0 atom stereocenters. The van der Waals surface area contributed by atoms with E-state index in [0.29, 0.717) is 12.2 Å². The zero-order valence-corrected chi connectivity index (χ0v) is 7.91. The van der Waals surface area contributed by atoms with Crippen molar-refractivity contribution in [3.63, 3.8) is 0 Å². The standard InChI is InChI=1S/C12H7NO2/c13-6-2-1-3-9-4-5-11-10(7-9)8-15-12(11)14/h4-5,7H,2,8H2. The lowest BCUT2D eigenvalue weighted by molar-refractivity contribution is 0.0535. The smallest absolute Gasteiger partial charge is 0.338 e. The molecule has 0 bridgehead atoms. The molecule has 3 nitrogen and oxygen atoms in total. The first-order valence-electron chi connectivity index (χ1n) is 4.47. The van der Waals surface area contributed by atoms with Crippen LogP contribution < -0.4 is 0 Å². The van der Waals surface area contributed by atoms with E-state index in [2.05, 4.69) is 11.8 Å². The van der Waals surface area contributed by atoms with Gasteiger partial charge in [-0.2, -0.15) is 5.26 Å². The van der Waals surface area contributed by atoms with Crippen molar-refractivity contribution in [1.29, 1.82) is 5.26 Å². The van der Waals surface area contributed by atoms with Crippen molar-refractivity contribution in [3.8, 4) is 17.9 Å². The van der Waals surface area contributed by atoms with Crippen LogP contribution in [0.15, 0.2) is 18.2 Å². The number of hydrogen-bond acceptors (Lipinski definition) is 3. The minimum atomic E-state index is -0.276. The van der Waals surface area contributed by atoms with Crippen molar-refractivity contribution in [2.24, 2.45) is 0 Å². The lowest BCUT2D eigenvalue weighted by atomic mass is 10.1. The number of cyclic esters (lactones) is 1. The SMILES string of the molecule is N#CCC#Cc1ccc2c(c1)COC2=O. The molecule has 0 fully saturated rings. The number of nitriles is 1. The highest BCUT2D eigenvalue weighted by molar-refractivity contribution is 5.93. The van der Waals surface area contributed by atoms with Gasteiger partial charge >= 0.3 is 5.97 Å². The Hall–Kier alpha value is -2.26. The fourth-order valence-corrected chi connectivity index (χ4v) is 1.40. The molecule has 1 heterocycles. The minimum Gasteiger partial charge on any atom is -0.457 e. The summed E-state index contributed by atoms with van der Waals surface area (Å²) in [6.07, 6.45) is 0.215. The van der Waals surface area contributed by atoms with E-state index in [4.69, 9.17) is 10.00 Å². The molecule has 3 heteroatoms. The second-order valence-corrected chi connectivity index (χ2v) is 3.08. The first-order chi connectivity index (χ1) is 7.31. The second-order valence-electron chi connectivity index (χ2n) is 3.08. The lowest BCUT2D eigenvalue weighted by Gasteiger charge is -1.94. The van der Waals surface area contributed by atoms with Gasteiger partial charge in [0.25, 0.3) is 0 Å². The van der Waals surface area contributed by atoms with Gasteiger partial charge in [0.15, 0.2) is 0 Å². The van der Waals surface area contributed by atoms with Crippen LogP contribution in [0, 0.1) is 23.2 Å². The third kappa shape index (κ3) is 1.82. The van der Waals surface area contributed by atoms with Gasteiger partial charge in [0.05, 0.1) is 18.1 Å². The van der Waals surface area contributed by atoms with Crippen molar-refractivity contribution in [3.05, 3.63) is 34.9 Å². The first-order valence-corrected chi connectivity index (χ1v) is 4.47. The van der Waals surface area contributed by atoms with Gasteiger partial charge in [-0.15, -0.1) is 0 Å². The number of rotatable bonds is 0. The number of fused-ring (bicyclic) bond motifs is 1. The van der Waals surface area contributed by atoms with Gasteiger partial charge in [0.1, 0.15) is 6.61 Å². The molecule has 0 radical (unpaired) electrons. The van der Waals surface area contributed by atoms with Gasteiger partial charge in [-0.25, -0.2) is 4.79 Å². The van der Waals surface area contributed by atoms with E-state index in [1.165, 1.54) is 0 Å². The van der Waals surface area contributed by atoms with Gasteiger partial charge in [-0.3, -0.25) is 0 Å². The van der Waals surface area contributed by atoms with Crippen molar-refractivity contribution >= 4 is 5.97 Å². The Kier molecular flexibility index (Phi) is 2.39. The summed E-state index contributed by atoms with van der Waals surface area (Å²) >= 11 is 0. The molecule has 0 saturated heterocycles. The maximum absolute atomic E-state index is 11.1. The van der Waals surface area contributed by atoms with Crippen LogP contribution in [-0.4, -0.2) is 5.97 Å². The Bertz CT molecular complexity index is 515. The fourth-order valence-electron chi connectivity index (χ4n) is 1.40. The van der Waals surface area contributed by atoms with Crippen LogP contribution in [0.2, 0.25) is 0 Å². The number of benzene rings is 1. The first kappa shape index (κ1) is 9.30. The Labute approximate surface area is 87.3 Å². The van der Waals surface area contributed by atoms with Crippen LogP contribution in [0.1, 0.15) is 27.9 Å². The average Bonchev–Trinajstić information content (AvgIpc) is 2.61. The highest BCUT2D eigenvalue weighted by atomic mass is 16.5. The number of ether oxygens (including phenoxy) is 1. The van der Waals surface area contributed by atoms with Crippen LogP contribution in [0.5, 0.6) is 0 Å². The van der Waals surface area contributed by atoms with Crippen molar-refractivity contribution in [2.45, 2.75) is 13.0 Å². The molecule has 0 amide bonds. The Morgan fingerprint density at radius 2 is 2.33 bits per heavy atom. The third-order valence-corrected chi connectivity index (χ3v) is 2.08. The molecule has 0 aromatic heterocycles. The summed E-state index contributed by atoms with van der Waals surface area (Å²) in [7, 11) is 0. The molecule has 72 valence electrons. The molecule has 0 spiro atoms. The largest absolute Gasteiger partial charge is 0.457 e. The van der Waals surface area contributed by atoms with E-state index >= 15 is 0 Å². The van der Waals surface area contributed by atoms with E-state index in [-0.39, 0.29) is 12.4 Å². The molecule has 1 aromatic carbocycles. The number of carbonyl (C=O) groups excluding carboxylic acids is 1. The average molecular weight is 197 g/mol. The quantitative estimate of drug-likeness (QED) is 0.469. The summed E-state index contributed by atoms with van der Waals surface area (Å²) in [5, 5.41) is 8.32. The Morgan fingerprint density at radius 3 is 3.13 bits per heavy atom. The maximum Gasteiger partial charge on any atom is 0.338 e. The van der Waals surface area contributed by atoms with Gasteiger partial charge in [-0.05, 0) is 18.2 Å².